The molecule has 6 aliphatic rings. The average molecular weight is 838 g/mol. The van der Waals surface area contributed by atoms with Gasteiger partial charge in [0, 0.05) is 106 Å². The van der Waals surface area contributed by atoms with E-state index >= 15 is 0 Å². The lowest BCUT2D eigenvalue weighted by atomic mass is 9.94. The van der Waals surface area contributed by atoms with Gasteiger partial charge in [-0.25, -0.2) is 0 Å². The summed E-state index contributed by atoms with van der Waals surface area (Å²) in [6, 6.07) is 23.6. The third-order valence-electron chi connectivity index (χ3n) is 13.8. The second-order valence-corrected chi connectivity index (χ2v) is 17.5. The Morgan fingerprint density at radius 3 is 2.18 bits per heavy atom. The maximum Gasteiger partial charge on any atom is 0.262 e. The van der Waals surface area contributed by atoms with Gasteiger partial charge in [-0.2, -0.15) is 0 Å². The van der Waals surface area contributed by atoms with Crippen molar-refractivity contribution < 1.29 is 24.0 Å². The number of imide groups is 2. The van der Waals surface area contributed by atoms with Crippen LogP contribution >= 0.6 is 0 Å². The minimum absolute atomic E-state index is 0.0676. The molecule has 1 aromatic heterocycles. The predicted molar refractivity (Wildman–Crippen MR) is 234 cm³/mol. The molecule has 2 bridgehead atoms. The number of hydrogen-bond donors (Lipinski definition) is 3. The number of nitrogens with one attached hydrogen (secondary N) is 1. The first kappa shape index (κ1) is 39.6. The van der Waals surface area contributed by atoms with Crippen LogP contribution in [0.2, 0.25) is 0 Å². The van der Waals surface area contributed by atoms with E-state index in [-0.39, 0.29) is 35.8 Å². The van der Waals surface area contributed by atoms with E-state index in [4.69, 9.17) is 11.5 Å². The van der Waals surface area contributed by atoms with Gasteiger partial charge >= 0.3 is 0 Å². The summed E-state index contributed by atoms with van der Waals surface area (Å²) in [6.45, 7) is 6.85. The van der Waals surface area contributed by atoms with Crippen LogP contribution in [0.15, 0.2) is 72.8 Å². The number of amides is 5. The summed E-state index contributed by atoms with van der Waals surface area (Å²) in [5, 5.41) is 10.9. The zero-order chi connectivity index (χ0) is 42.6. The highest BCUT2D eigenvalue weighted by Crippen LogP contribution is 2.39. The monoisotopic (exact) mass is 837 g/mol. The van der Waals surface area contributed by atoms with Crippen LogP contribution in [0.4, 0.5) is 28.6 Å². The summed E-state index contributed by atoms with van der Waals surface area (Å²) in [7, 11) is 0. The van der Waals surface area contributed by atoms with Crippen molar-refractivity contribution in [1.29, 1.82) is 0 Å². The molecule has 5 amide bonds. The number of hydrogen-bond acceptors (Lipinski definition) is 13. The first-order valence-electron chi connectivity index (χ1n) is 21.8. The maximum absolute atomic E-state index is 13.8. The summed E-state index contributed by atoms with van der Waals surface area (Å²) in [5.74, 6) is -1.49. The van der Waals surface area contributed by atoms with Gasteiger partial charge in [0.2, 0.25) is 17.7 Å². The van der Waals surface area contributed by atoms with Crippen molar-refractivity contribution in [1.82, 2.24) is 30.2 Å². The molecule has 5 N–H and O–H groups in total. The van der Waals surface area contributed by atoms with Gasteiger partial charge in [0.1, 0.15) is 6.04 Å². The van der Waals surface area contributed by atoms with E-state index < -0.39 is 29.7 Å². The molecule has 0 radical (unpaired) electrons. The molecule has 0 saturated carbocycles. The Bertz CT molecular complexity index is 2450. The zero-order valence-corrected chi connectivity index (χ0v) is 34.6. The van der Waals surface area contributed by atoms with E-state index in [1.165, 1.54) is 11.3 Å². The van der Waals surface area contributed by atoms with Gasteiger partial charge in [-0.05, 0) is 80.1 Å². The van der Waals surface area contributed by atoms with Gasteiger partial charge in [0.05, 0.1) is 22.5 Å². The van der Waals surface area contributed by atoms with E-state index in [0.29, 0.717) is 62.6 Å². The Kier molecular flexibility index (Phi) is 10.2. The molecule has 4 aromatic rings. The minimum Gasteiger partial charge on any atom is -0.398 e. The summed E-state index contributed by atoms with van der Waals surface area (Å²) in [6.07, 6.45) is 3.82. The van der Waals surface area contributed by atoms with E-state index in [9.17, 15) is 24.0 Å². The number of para-hydroxylation sites is 1. The van der Waals surface area contributed by atoms with Crippen molar-refractivity contribution in [3.63, 3.8) is 0 Å². The molecule has 3 atom stereocenters. The van der Waals surface area contributed by atoms with Crippen LogP contribution in [0.3, 0.4) is 0 Å². The molecule has 3 aromatic carbocycles. The third kappa shape index (κ3) is 7.25. The molecular weight excluding hydrogens is 787 g/mol. The Hall–Kier alpha value is -6.55. The normalized spacial score (nSPS) is 23.3. The number of rotatable bonds is 8. The van der Waals surface area contributed by atoms with Crippen LogP contribution in [-0.4, -0.2) is 125 Å². The molecule has 0 aliphatic carbocycles. The van der Waals surface area contributed by atoms with Crippen molar-refractivity contribution in [2.45, 2.75) is 63.2 Å². The molecule has 62 heavy (non-hydrogen) atoms. The molecule has 16 heteroatoms. The van der Waals surface area contributed by atoms with E-state index in [2.05, 4.69) is 59.4 Å². The number of carbonyl (C=O) groups excluding carboxylic acids is 5. The molecule has 0 spiro atoms. The molecule has 7 heterocycles. The molecule has 3 unspecified atom stereocenters. The third-order valence-corrected chi connectivity index (χ3v) is 13.8. The fourth-order valence-corrected chi connectivity index (χ4v) is 10.5. The van der Waals surface area contributed by atoms with Crippen molar-refractivity contribution in [2.24, 2.45) is 5.92 Å². The maximum atomic E-state index is 13.8. The molecular formula is C46H51N11O5. The number of aromatic nitrogens is 2. The number of carbonyl (C=O) groups is 5. The molecule has 16 nitrogen and oxygen atoms in total. The van der Waals surface area contributed by atoms with E-state index in [1.807, 2.05) is 41.3 Å². The van der Waals surface area contributed by atoms with Gasteiger partial charge in [0.25, 0.3) is 11.8 Å². The van der Waals surface area contributed by atoms with Gasteiger partial charge in [-0.15, -0.1) is 10.2 Å². The number of piperazine rings is 2. The lowest BCUT2D eigenvalue weighted by Gasteiger charge is -2.44. The molecule has 6 aliphatic heterocycles. The Morgan fingerprint density at radius 2 is 1.44 bits per heavy atom. The number of nitrogens with zero attached hydrogens (tertiary/aromatic N) is 8. The Balaban J connectivity index is 0.713. The van der Waals surface area contributed by atoms with Crippen LogP contribution in [0, 0.1) is 5.92 Å². The lowest BCUT2D eigenvalue weighted by molar-refractivity contribution is -0.138. The highest BCUT2D eigenvalue weighted by atomic mass is 16.2. The fraction of sp³-hybridized carbons (Fsp3) is 0.413. The van der Waals surface area contributed by atoms with Crippen LogP contribution < -0.4 is 31.5 Å². The smallest absolute Gasteiger partial charge is 0.262 e. The van der Waals surface area contributed by atoms with Crippen molar-refractivity contribution in [3.8, 4) is 11.3 Å². The molecule has 5 fully saturated rings. The SMILES string of the molecule is Nc1ccccc1-c1cc(N2CC3CCC(C2)N3c2cccc(CN3CCN(C(=O)C4CCN(c5ccc6c(c5)C(=O)N(C5CCC(=O)NC5=O)C6=O)CC4)CC3)c2)c(N)nn1. The number of fused-ring (bicyclic) bond motifs is 3. The van der Waals surface area contributed by atoms with E-state index in [1.54, 1.807) is 12.1 Å². The predicted octanol–water partition coefficient (Wildman–Crippen LogP) is 3.13. The summed E-state index contributed by atoms with van der Waals surface area (Å²) in [5.41, 5.74) is 19.7. The lowest BCUT2D eigenvalue weighted by Crippen LogP contribution is -2.54. The van der Waals surface area contributed by atoms with Gasteiger partial charge in [0.15, 0.2) is 5.82 Å². The van der Waals surface area contributed by atoms with Crippen LogP contribution in [0.25, 0.3) is 11.3 Å². The highest BCUT2D eigenvalue weighted by Gasteiger charge is 2.45. The standard InChI is InChI=1S/C46H51N11O5/c47-37-7-2-1-6-35(37)38-24-40(42(48)51-50-38)55-26-32-8-9-33(27-55)56(32)31-5-3-4-28(22-31)25-52-18-20-54(21-19-52)44(60)29-14-16-53(17-15-29)30-10-11-34-36(23-30)46(62)57(45(34)61)39-12-13-41(58)49-43(39)59/h1-7,10-11,22-24,29,32-33,39H,8-9,12-21,25-27,47H2,(H2,48,51)(H,49,58,59). The fourth-order valence-electron chi connectivity index (χ4n) is 10.5. The van der Waals surface area contributed by atoms with Gasteiger partial charge in [-0.1, -0.05) is 30.3 Å². The van der Waals surface area contributed by atoms with Crippen LogP contribution in [0.1, 0.15) is 64.8 Å². The second-order valence-electron chi connectivity index (χ2n) is 17.5. The average Bonchev–Trinajstić information content (AvgIpc) is 3.70. The van der Waals surface area contributed by atoms with Crippen molar-refractivity contribution in [2.75, 3.05) is 78.5 Å². The number of anilines is 5. The second kappa shape index (κ2) is 16.0. The number of nitrogens with two attached hydrogens (primary N) is 2. The van der Waals surface area contributed by atoms with Gasteiger partial charge < -0.3 is 31.1 Å². The first-order valence-corrected chi connectivity index (χ1v) is 21.8. The van der Waals surface area contributed by atoms with Crippen LogP contribution in [0.5, 0.6) is 0 Å². The minimum atomic E-state index is -0.998. The van der Waals surface area contributed by atoms with E-state index in [0.717, 1.165) is 73.1 Å². The molecule has 320 valence electrons. The number of benzene rings is 3. The van der Waals surface area contributed by atoms with Gasteiger partial charge in [-0.3, -0.25) is 39.1 Å². The van der Waals surface area contributed by atoms with Crippen molar-refractivity contribution in [3.05, 3.63) is 89.5 Å². The van der Waals surface area contributed by atoms with Crippen LogP contribution in [-0.2, 0) is 20.9 Å². The number of piperidine rings is 2. The summed E-state index contributed by atoms with van der Waals surface area (Å²) in [4.78, 5) is 77.0. The molecule has 10 rings (SSSR count). The summed E-state index contributed by atoms with van der Waals surface area (Å²) < 4.78 is 0. The largest absolute Gasteiger partial charge is 0.398 e. The highest BCUT2D eigenvalue weighted by molar-refractivity contribution is 6.23. The number of nitrogen functional groups attached to an aromatic ring is 2. The Morgan fingerprint density at radius 1 is 0.694 bits per heavy atom. The topological polar surface area (TPSA) is 195 Å². The first-order chi connectivity index (χ1) is 30.1. The quantitative estimate of drug-likeness (QED) is 0.173. The van der Waals surface area contributed by atoms with Crippen molar-refractivity contribution >= 4 is 58.1 Å². The Labute approximate surface area is 359 Å². The summed E-state index contributed by atoms with van der Waals surface area (Å²) >= 11 is 0. The zero-order valence-electron chi connectivity index (χ0n) is 34.6. The molecule has 5 saturated heterocycles.